The summed E-state index contributed by atoms with van der Waals surface area (Å²) in [6.45, 7) is 4.97. The van der Waals surface area contributed by atoms with Crippen molar-refractivity contribution >= 4 is 11.6 Å². The van der Waals surface area contributed by atoms with Gasteiger partial charge in [-0.15, -0.1) is 0 Å². The van der Waals surface area contributed by atoms with E-state index in [1.54, 1.807) is 0 Å². The first-order valence-electron chi connectivity index (χ1n) is 7.90. The Morgan fingerprint density at radius 2 is 1.79 bits per heavy atom. The number of aryl methyl sites for hydroxylation is 1. The predicted molar refractivity (Wildman–Crippen MR) is 92.7 cm³/mol. The molecule has 2 aromatic rings. The molecule has 24 heavy (non-hydrogen) atoms. The molecule has 0 bridgehead atoms. The van der Waals surface area contributed by atoms with E-state index < -0.39 is 0 Å². The van der Waals surface area contributed by atoms with Crippen LogP contribution in [0.25, 0.3) is 0 Å². The Labute approximate surface area is 141 Å². The molecule has 1 heterocycles. The molecule has 0 atom stereocenters. The average Bonchev–Trinajstić information content (AvgIpc) is 2.61. The number of hydrazone groups is 1. The number of benzene rings is 2. The summed E-state index contributed by atoms with van der Waals surface area (Å²) < 4.78 is 11.1. The van der Waals surface area contributed by atoms with Gasteiger partial charge in [-0.3, -0.25) is 4.79 Å². The highest BCUT2D eigenvalue weighted by molar-refractivity contribution is 5.99. The molecule has 0 aliphatic carbocycles. The summed E-state index contributed by atoms with van der Waals surface area (Å²) in [6.07, 6.45) is 0.304. The molecule has 1 aliphatic heterocycles. The molecule has 2 aromatic carbocycles. The first kappa shape index (κ1) is 16.1. The fourth-order valence-corrected chi connectivity index (χ4v) is 2.41. The SMILES string of the molecule is C/C(=N/NC(=O)Cc1ccc(C)cc1)c1ccc2c(c1)OCCO2. The van der Waals surface area contributed by atoms with Gasteiger partial charge in [-0.25, -0.2) is 5.43 Å². The van der Waals surface area contributed by atoms with Gasteiger partial charge in [-0.05, 0) is 37.6 Å². The number of hydrogen-bond acceptors (Lipinski definition) is 4. The molecule has 0 saturated carbocycles. The number of ether oxygens (including phenoxy) is 2. The van der Waals surface area contributed by atoms with Crippen molar-refractivity contribution in [3.63, 3.8) is 0 Å². The molecule has 0 fully saturated rings. The van der Waals surface area contributed by atoms with Crippen LogP contribution in [0.1, 0.15) is 23.6 Å². The second kappa shape index (κ2) is 7.17. The van der Waals surface area contributed by atoms with Crippen LogP contribution in [0.4, 0.5) is 0 Å². The lowest BCUT2D eigenvalue weighted by molar-refractivity contribution is -0.120. The highest BCUT2D eigenvalue weighted by Gasteiger charge is 2.12. The van der Waals surface area contributed by atoms with E-state index >= 15 is 0 Å². The molecule has 1 N–H and O–H groups in total. The van der Waals surface area contributed by atoms with Crippen molar-refractivity contribution in [2.75, 3.05) is 13.2 Å². The molecule has 0 spiro atoms. The average molecular weight is 324 g/mol. The molecule has 0 unspecified atom stereocenters. The maximum atomic E-state index is 12.0. The maximum absolute atomic E-state index is 12.0. The highest BCUT2D eigenvalue weighted by Crippen LogP contribution is 2.30. The minimum atomic E-state index is -0.143. The summed E-state index contributed by atoms with van der Waals surface area (Å²) >= 11 is 0. The Morgan fingerprint density at radius 3 is 2.54 bits per heavy atom. The van der Waals surface area contributed by atoms with E-state index in [1.807, 2.05) is 56.3 Å². The van der Waals surface area contributed by atoms with E-state index in [1.165, 1.54) is 5.56 Å². The Bertz CT molecular complexity index is 767. The lowest BCUT2D eigenvalue weighted by Crippen LogP contribution is -2.21. The van der Waals surface area contributed by atoms with Gasteiger partial charge in [0.25, 0.3) is 0 Å². The third kappa shape index (κ3) is 3.93. The van der Waals surface area contributed by atoms with Crippen LogP contribution in [0.3, 0.4) is 0 Å². The standard InChI is InChI=1S/C19H20N2O3/c1-13-3-5-15(6-4-13)11-19(22)21-20-14(2)16-7-8-17-18(12-16)24-10-9-23-17/h3-8,12H,9-11H2,1-2H3,(H,21,22)/b20-14-. The maximum Gasteiger partial charge on any atom is 0.244 e. The molecule has 0 aromatic heterocycles. The number of fused-ring (bicyclic) bond motifs is 1. The molecule has 1 aliphatic rings. The molecule has 0 radical (unpaired) electrons. The van der Waals surface area contributed by atoms with Crippen LogP contribution < -0.4 is 14.9 Å². The second-order valence-corrected chi connectivity index (χ2v) is 5.75. The van der Waals surface area contributed by atoms with E-state index in [-0.39, 0.29) is 5.91 Å². The summed E-state index contributed by atoms with van der Waals surface area (Å²) in [5, 5.41) is 4.18. The summed E-state index contributed by atoms with van der Waals surface area (Å²) in [5.41, 5.74) is 6.33. The molecule has 5 heteroatoms. The Balaban J connectivity index is 1.63. The molecule has 124 valence electrons. The smallest absolute Gasteiger partial charge is 0.244 e. The minimum Gasteiger partial charge on any atom is -0.486 e. The van der Waals surface area contributed by atoms with Crippen LogP contribution in [0.5, 0.6) is 11.5 Å². The fourth-order valence-electron chi connectivity index (χ4n) is 2.41. The van der Waals surface area contributed by atoms with Crippen molar-refractivity contribution in [2.24, 2.45) is 5.10 Å². The van der Waals surface area contributed by atoms with Crippen LogP contribution in [0, 0.1) is 6.92 Å². The fraction of sp³-hybridized carbons (Fsp3) is 0.263. The van der Waals surface area contributed by atoms with Crippen LogP contribution in [0.15, 0.2) is 47.6 Å². The quantitative estimate of drug-likeness (QED) is 0.695. The number of carbonyl (C=O) groups is 1. The van der Waals surface area contributed by atoms with Gasteiger partial charge in [-0.1, -0.05) is 29.8 Å². The number of amides is 1. The molecule has 1 amide bonds. The molecular weight excluding hydrogens is 304 g/mol. The zero-order chi connectivity index (χ0) is 16.9. The van der Waals surface area contributed by atoms with Gasteiger partial charge >= 0.3 is 0 Å². The van der Waals surface area contributed by atoms with Crippen LogP contribution in [0.2, 0.25) is 0 Å². The molecule has 3 rings (SSSR count). The summed E-state index contributed by atoms with van der Waals surface area (Å²) in [4.78, 5) is 12.0. The van der Waals surface area contributed by atoms with Gasteiger partial charge in [0.05, 0.1) is 12.1 Å². The Hall–Kier alpha value is -2.82. The first-order chi connectivity index (χ1) is 11.6. The Kier molecular flexibility index (Phi) is 4.79. The van der Waals surface area contributed by atoms with E-state index in [0.29, 0.717) is 31.1 Å². The number of carbonyl (C=O) groups excluding carboxylic acids is 1. The molecule has 0 saturated heterocycles. The van der Waals surface area contributed by atoms with E-state index in [4.69, 9.17) is 9.47 Å². The number of nitrogens with one attached hydrogen (secondary N) is 1. The van der Waals surface area contributed by atoms with E-state index in [9.17, 15) is 4.79 Å². The van der Waals surface area contributed by atoms with E-state index in [0.717, 1.165) is 16.9 Å². The van der Waals surface area contributed by atoms with Crippen molar-refractivity contribution in [1.29, 1.82) is 0 Å². The molecular formula is C19H20N2O3. The Morgan fingerprint density at radius 1 is 1.08 bits per heavy atom. The first-order valence-corrected chi connectivity index (χ1v) is 7.90. The van der Waals surface area contributed by atoms with Gasteiger partial charge in [-0.2, -0.15) is 5.10 Å². The lowest BCUT2D eigenvalue weighted by atomic mass is 10.1. The van der Waals surface area contributed by atoms with Crippen molar-refractivity contribution < 1.29 is 14.3 Å². The topological polar surface area (TPSA) is 59.9 Å². The number of rotatable bonds is 4. The monoisotopic (exact) mass is 324 g/mol. The highest BCUT2D eigenvalue weighted by atomic mass is 16.6. The van der Waals surface area contributed by atoms with Crippen molar-refractivity contribution in [2.45, 2.75) is 20.3 Å². The zero-order valence-electron chi connectivity index (χ0n) is 13.8. The number of hydrogen-bond donors (Lipinski definition) is 1. The van der Waals surface area contributed by atoms with Gasteiger partial charge < -0.3 is 9.47 Å². The molecule has 5 nitrogen and oxygen atoms in total. The van der Waals surface area contributed by atoms with Gasteiger partial charge in [0.15, 0.2) is 11.5 Å². The van der Waals surface area contributed by atoms with E-state index in [2.05, 4.69) is 10.5 Å². The lowest BCUT2D eigenvalue weighted by Gasteiger charge is -2.18. The van der Waals surface area contributed by atoms with Gasteiger partial charge in [0, 0.05) is 5.56 Å². The van der Waals surface area contributed by atoms with Crippen molar-refractivity contribution in [1.82, 2.24) is 5.43 Å². The zero-order valence-corrected chi connectivity index (χ0v) is 13.8. The summed E-state index contributed by atoms with van der Waals surface area (Å²) in [7, 11) is 0. The predicted octanol–water partition coefficient (Wildman–Crippen LogP) is 2.85. The minimum absolute atomic E-state index is 0.143. The third-order valence-corrected chi connectivity index (χ3v) is 3.79. The van der Waals surface area contributed by atoms with Crippen molar-refractivity contribution in [3.05, 3.63) is 59.2 Å². The second-order valence-electron chi connectivity index (χ2n) is 5.75. The third-order valence-electron chi connectivity index (χ3n) is 3.79. The van der Waals surface area contributed by atoms with Crippen LogP contribution in [-0.4, -0.2) is 24.8 Å². The van der Waals surface area contributed by atoms with Crippen LogP contribution >= 0.6 is 0 Å². The van der Waals surface area contributed by atoms with Gasteiger partial charge in [0.2, 0.25) is 5.91 Å². The van der Waals surface area contributed by atoms with Crippen molar-refractivity contribution in [3.8, 4) is 11.5 Å². The van der Waals surface area contributed by atoms with Crippen LogP contribution in [-0.2, 0) is 11.2 Å². The summed E-state index contributed by atoms with van der Waals surface area (Å²) in [6, 6.07) is 13.5. The summed E-state index contributed by atoms with van der Waals surface area (Å²) in [5.74, 6) is 1.30. The van der Waals surface area contributed by atoms with Gasteiger partial charge in [0.1, 0.15) is 13.2 Å². The number of nitrogens with zero attached hydrogens (tertiary/aromatic N) is 1. The normalized spacial score (nSPS) is 13.5. The largest absolute Gasteiger partial charge is 0.486 e.